The van der Waals surface area contributed by atoms with Gasteiger partial charge >= 0.3 is 0 Å². The van der Waals surface area contributed by atoms with Gasteiger partial charge in [-0.05, 0) is 6.92 Å². The van der Waals surface area contributed by atoms with E-state index < -0.39 is 0 Å². The van der Waals surface area contributed by atoms with Crippen LogP contribution in [0.5, 0.6) is 0 Å². The molecular formula is C3H7N3O. The standard InChI is InChI=1S/C3H7N3O/c1-2-6(7)5-3-4/h5,7H,2H2,1H3. The molecule has 4 heteroatoms. The predicted molar refractivity (Wildman–Crippen MR) is 22.9 cm³/mol. The van der Waals surface area contributed by atoms with Gasteiger partial charge in [-0.3, -0.25) is 5.21 Å². The third-order valence-corrected chi connectivity index (χ3v) is 0.479. The molecule has 0 saturated heterocycles. The molecule has 0 aliphatic heterocycles. The average molecular weight is 101 g/mol. The molecule has 4 nitrogen and oxygen atoms in total. The van der Waals surface area contributed by atoms with Crippen LogP contribution in [0, 0.1) is 11.5 Å². The first-order chi connectivity index (χ1) is 3.31. The van der Waals surface area contributed by atoms with E-state index in [1.807, 2.05) is 5.43 Å². The predicted octanol–water partition coefficient (Wildman–Crippen LogP) is -0.317. The van der Waals surface area contributed by atoms with Gasteiger partial charge in [0.25, 0.3) is 0 Å². The summed E-state index contributed by atoms with van der Waals surface area (Å²) in [6.07, 6.45) is 1.54. The van der Waals surface area contributed by atoms with Gasteiger partial charge in [0, 0.05) is 6.54 Å². The fourth-order valence-corrected chi connectivity index (χ4v) is 0.137. The van der Waals surface area contributed by atoms with Crippen LogP contribution in [-0.2, 0) is 0 Å². The fourth-order valence-electron chi connectivity index (χ4n) is 0.137. The number of nitrogens with one attached hydrogen (secondary N) is 1. The van der Waals surface area contributed by atoms with E-state index in [1.54, 1.807) is 13.1 Å². The molecule has 0 aromatic heterocycles. The highest BCUT2D eigenvalue weighted by molar-refractivity contribution is 4.56. The molecule has 40 valence electrons. The zero-order valence-corrected chi connectivity index (χ0v) is 4.05. The summed E-state index contributed by atoms with van der Waals surface area (Å²) in [5.74, 6) is 0. The number of hydrogen-bond donors (Lipinski definition) is 2. The molecule has 0 heterocycles. The van der Waals surface area contributed by atoms with Crippen LogP contribution in [-0.4, -0.2) is 16.9 Å². The highest BCUT2D eigenvalue weighted by atomic mass is 16.5. The minimum absolute atomic E-state index is 0.396. The highest BCUT2D eigenvalue weighted by Crippen LogP contribution is 1.65. The van der Waals surface area contributed by atoms with E-state index in [0.717, 1.165) is 0 Å². The van der Waals surface area contributed by atoms with Crippen molar-refractivity contribution in [2.24, 2.45) is 0 Å². The molecule has 0 spiro atoms. The highest BCUT2D eigenvalue weighted by Gasteiger charge is 1.86. The number of nitriles is 1. The minimum Gasteiger partial charge on any atom is -0.294 e. The smallest absolute Gasteiger partial charge is 0.194 e. The van der Waals surface area contributed by atoms with Crippen LogP contribution in [0.3, 0.4) is 0 Å². The number of hydrogen-bond acceptors (Lipinski definition) is 4. The molecule has 0 aliphatic rings. The minimum atomic E-state index is 0.396. The summed E-state index contributed by atoms with van der Waals surface area (Å²) < 4.78 is 0. The maximum atomic E-state index is 8.36. The van der Waals surface area contributed by atoms with Gasteiger partial charge in [0.15, 0.2) is 6.19 Å². The first-order valence-corrected chi connectivity index (χ1v) is 1.92. The van der Waals surface area contributed by atoms with Crippen LogP contribution in [0.15, 0.2) is 0 Å². The Balaban J connectivity index is 3.03. The molecule has 7 heavy (non-hydrogen) atoms. The first kappa shape index (κ1) is 6.21. The van der Waals surface area contributed by atoms with Gasteiger partial charge in [-0.2, -0.15) is 5.26 Å². The molecule has 0 rings (SSSR count). The number of hydroxylamine groups is 1. The van der Waals surface area contributed by atoms with Gasteiger partial charge in [0.1, 0.15) is 0 Å². The molecule has 2 N–H and O–H groups in total. The first-order valence-electron chi connectivity index (χ1n) is 1.92. The lowest BCUT2D eigenvalue weighted by atomic mass is 10.8. The van der Waals surface area contributed by atoms with Crippen LogP contribution in [0.2, 0.25) is 0 Å². The zero-order valence-electron chi connectivity index (χ0n) is 4.05. The molecule has 0 radical (unpaired) electrons. The third-order valence-electron chi connectivity index (χ3n) is 0.479. The third kappa shape index (κ3) is 3.03. The van der Waals surface area contributed by atoms with Crippen molar-refractivity contribution in [2.45, 2.75) is 6.92 Å². The molecule has 0 fully saturated rings. The summed E-state index contributed by atoms with van der Waals surface area (Å²) in [6, 6.07) is 0. The lowest BCUT2D eigenvalue weighted by Crippen LogP contribution is -2.30. The molecule has 0 unspecified atom stereocenters. The van der Waals surface area contributed by atoms with Gasteiger partial charge in [-0.1, -0.05) is 5.17 Å². The van der Waals surface area contributed by atoms with Crippen molar-refractivity contribution in [1.29, 1.82) is 5.26 Å². The van der Waals surface area contributed by atoms with Crippen molar-refractivity contribution < 1.29 is 5.21 Å². The van der Waals surface area contributed by atoms with E-state index in [0.29, 0.717) is 11.7 Å². The van der Waals surface area contributed by atoms with Crippen molar-refractivity contribution in [2.75, 3.05) is 6.54 Å². The lowest BCUT2D eigenvalue weighted by molar-refractivity contribution is -0.117. The Labute approximate surface area is 41.9 Å². The fraction of sp³-hybridized carbons (Fsp3) is 0.667. The van der Waals surface area contributed by atoms with E-state index in [1.165, 1.54) is 0 Å². The second kappa shape index (κ2) is 3.40. The average Bonchev–Trinajstić information content (AvgIpc) is 1.68. The molecular weight excluding hydrogens is 94.1 g/mol. The van der Waals surface area contributed by atoms with Crippen LogP contribution >= 0.6 is 0 Å². The number of hydrazine groups is 1. The Morgan fingerprint density at radius 2 is 2.57 bits per heavy atom. The topological polar surface area (TPSA) is 59.3 Å². The van der Waals surface area contributed by atoms with Gasteiger partial charge < -0.3 is 0 Å². The Bertz CT molecular complexity index is 76.7. The summed E-state index contributed by atoms with van der Waals surface area (Å²) in [5.41, 5.74) is 1.99. The quantitative estimate of drug-likeness (QED) is 0.284. The number of rotatable bonds is 2. The maximum absolute atomic E-state index is 8.36. The molecule has 0 aliphatic carbocycles. The Morgan fingerprint density at radius 3 is 2.71 bits per heavy atom. The van der Waals surface area contributed by atoms with E-state index in [4.69, 9.17) is 10.5 Å². The maximum Gasteiger partial charge on any atom is 0.194 e. The van der Waals surface area contributed by atoms with Crippen LogP contribution < -0.4 is 5.43 Å². The summed E-state index contributed by atoms with van der Waals surface area (Å²) in [7, 11) is 0. The summed E-state index contributed by atoms with van der Waals surface area (Å²) in [5, 5.41) is 16.9. The lowest BCUT2D eigenvalue weighted by Gasteiger charge is -2.05. The molecule has 0 aromatic rings. The normalized spacial score (nSPS) is 8.29. The zero-order chi connectivity index (χ0) is 5.70. The van der Waals surface area contributed by atoms with Gasteiger partial charge in [-0.15, -0.1) is 0 Å². The summed E-state index contributed by atoms with van der Waals surface area (Å²) in [6.45, 7) is 2.11. The van der Waals surface area contributed by atoms with Crippen molar-refractivity contribution >= 4 is 0 Å². The molecule has 0 amide bonds. The van der Waals surface area contributed by atoms with Gasteiger partial charge in [-0.25, -0.2) is 5.43 Å². The van der Waals surface area contributed by atoms with Gasteiger partial charge in [0.05, 0.1) is 0 Å². The largest absolute Gasteiger partial charge is 0.294 e. The summed E-state index contributed by atoms with van der Waals surface area (Å²) in [4.78, 5) is 0. The van der Waals surface area contributed by atoms with E-state index in [-0.39, 0.29) is 0 Å². The number of nitrogens with zero attached hydrogens (tertiary/aromatic N) is 2. The van der Waals surface area contributed by atoms with Crippen LogP contribution in [0.1, 0.15) is 6.92 Å². The monoisotopic (exact) mass is 101 g/mol. The Morgan fingerprint density at radius 1 is 2.00 bits per heavy atom. The van der Waals surface area contributed by atoms with Crippen LogP contribution in [0.25, 0.3) is 0 Å². The summed E-state index contributed by atoms with van der Waals surface area (Å²) >= 11 is 0. The molecule has 0 aromatic carbocycles. The van der Waals surface area contributed by atoms with E-state index >= 15 is 0 Å². The van der Waals surface area contributed by atoms with Gasteiger partial charge in [0.2, 0.25) is 0 Å². The molecule has 0 atom stereocenters. The van der Waals surface area contributed by atoms with E-state index in [2.05, 4.69) is 0 Å². The van der Waals surface area contributed by atoms with Crippen molar-refractivity contribution in [1.82, 2.24) is 10.6 Å². The SMILES string of the molecule is CCN(O)NC#N. The second-order valence-electron chi connectivity index (χ2n) is 0.939. The Hall–Kier alpha value is -0.790. The second-order valence-corrected chi connectivity index (χ2v) is 0.939. The van der Waals surface area contributed by atoms with Crippen molar-refractivity contribution in [3.8, 4) is 6.19 Å². The Kier molecular flexibility index (Phi) is 3.02. The van der Waals surface area contributed by atoms with E-state index in [9.17, 15) is 0 Å². The molecule has 0 saturated carbocycles. The molecule has 0 bridgehead atoms. The van der Waals surface area contributed by atoms with Crippen molar-refractivity contribution in [3.05, 3.63) is 0 Å². The van der Waals surface area contributed by atoms with Crippen LogP contribution in [0.4, 0.5) is 0 Å². The van der Waals surface area contributed by atoms with Crippen molar-refractivity contribution in [3.63, 3.8) is 0 Å².